The van der Waals surface area contributed by atoms with Crippen LogP contribution < -0.4 is 16.1 Å². The van der Waals surface area contributed by atoms with E-state index < -0.39 is 6.03 Å². The number of urea groups is 1. The van der Waals surface area contributed by atoms with Gasteiger partial charge in [-0.3, -0.25) is 10.2 Å². The molecular formula is C11H16BrClN4O2. The maximum Gasteiger partial charge on any atom is 0.352 e. The Morgan fingerprint density at radius 2 is 1.89 bits per heavy atom. The van der Waals surface area contributed by atoms with Gasteiger partial charge in [-0.25, -0.2) is 15.2 Å². The molecule has 0 aliphatic carbocycles. The molecule has 0 heterocycles. The summed E-state index contributed by atoms with van der Waals surface area (Å²) >= 11 is 3.37. The number of anilines is 1. The van der Waals surface area contributed by atoms with Gasteiger partial charge in [0.25, 0.3) is 0 Å². The molecular weight excluding hydrogens is 336 g/mol. The van der Waals surface area contributed by atoms with Crippen molar-refractivity contribution in [2.75, 3.05) is 12.0 Å². The summed E-state index contributed by atoms with van der Waals surface area (Å²) in [5.41, 5.74) is 9.82. The Morgan fingerprint density at radius 3 is 2.26 bits per heavy atom. The lowest BCUT2D eigenvalue weighted by Gasteiger charge is -2.24. The number of hydrogen-bond donors (Lipinski definition) is 3. The third-order valence-electron chi connectivity index (χ3n) is 2.31. The largest absolute Gasteiger partial charge is 0.369 e. The first-order valence-corrected chi connectivity index (χ1v) is 5.91. The smallest absolute Gasteiger partial charge is 0.352 e. The van der Waals surface area contributed by atoms with Gasteiger partial charge >= 0.3 is 6.03 Å². The van der Waals surface area contributed by atoms with Gasteiger partial charge in [-0.15, -0.1) is 12.4 Å². The van der Waals surface area contributed by atoms with Crippen molar-refractivity contribution in [1.29, 1.82) is 5.41 Å². The summed E-state index contributed by atoms with van der Waals surface area (Å²) in [5.74, 6) is -0.377. The monoisotopic (exact) mass is 350 g/mol. The SMILES string of the molecule is CONC(=O)N(C(=N)N)c1c(C)cc(Br)cc1C.Cl. The molecule has 2 amide bonds. The van der Waals surface area contributed by atoms with Crippen molar-refractivity contribution < 1.29 is 9.63 Å². The van der Waals surface area contributed by atoms with Crippen LogP contribution in [0.3, 0.4) is 0 Å². The van der Waals surface area contributed by atoms with Crippen LogP contribution in [0.25, 0.3) is 0 Å². The number of guanidine groups is 1. The van der Waals surface area contributed by atoms with Crippen molar-refractivity contribution in [2.45, 2.75) is 13.8 Å². The first-order chi connectivity index (χ1) is 8.38. The van der Waals surface area contributed by atoms with Crippen LogP contribution in [0.4, 0.5) is 10.5 Å². The average molecular weight is 352 g/mol. The fourth-order valence-corrected chi connectivity index (χ4v) is 2.41. The summed E-state index contributed by atoms with van der Waals surface area (Å²) in [6.07, 6.45) is 0. The van der Waals surface area contributed by atoms with Gasteiger partial charge < -0.3 is 5.73 Å². The highest BCUT2D eigenvalue weighted by molar-refractivity contribution is 9.10. The van der Waals surface area contributed by atoms with Gasteiger partial charge in [0.1, 0.15) is 0 Å². The highest BCUT2D eigenvalue weighted by atomic mass is 79.9. The lowest BCUT2D eigenvalue weighted by Crippen LogP contribution is -2.47. The van der Waals surface area contributed by atoms with Crippen LogP contribution in [0.1, 0.15) is 11.1 Å². The Hall–Kier alpha value is -1.31. The number of aryl methyl sites for hydroxylation is 2. The van der Waals surface area contributed by atoms with Crippen LogP contribution in [-0.2, 0) is 4.84 Å². The van der Waals surface area contributed by atoms with E-state index in [9.17, 15) is 4.79 Å². The number of amides is 2. The standard InChI is InChI=1S/C11H15BrN4O2.ClH/c1-6-4-8(12)5-7(2)9(6)16(10(13)14)11(17)15-18-3;/h4-5H,1-3H3,(H3,13,14)(H,15,17);1H. The second kappa shape index (κ2) is 7.32. The minimum absolute atomic E-state index is 0. The number of hydrogen-bond acceptors (Lipinski definition) is 3. The van der Waals surface area contributed by atoms with E-state index in [1.54, 1.807) is 0 Å². The zero-order valence-corrected chi connectivity index (χ0v) is 13.2. The Bertz CT molecular complexity index is 473. The summed E-state index contributed by atoms with van der Waals surface area (Å²) in [4.78, 5) is 17.4. The Morgan fingerprint density at radius 1 is 1.42 bits per heavy atom. The fraction of sp³-hybridized carbons (Fsp3) is 0.273. The van der Waals surface area contributed by atoms with E-state index in [0.29, 0.717) is 5.69 Å². The second-order valence-electron chi connectivity index (χ2n) is 3.72. The van der Waals surface area contributed by atoms with Crippen LogP contribution in [-0.4, -0.2) is 19.1 Å². The molecule has 0 aromatic heterocycles. The van der Waals surface area contributed by atoms with Crippen molar-refractivity contribution in [3.63, 3.8) is 0 Å². The topological polar surface area (TPSA) is 91.4 Å². The number of hydroxylamine groups is 1. The summed E-state index contributed by atoms with van der Waals surface area (Å²) in [6.45, 7) is 3.67. The number of benzene rings is 1. The number of nitrogens with two attached hydrogens (primary N) is 1. The fourth-order valence-electron chi connectivity index (χ4n) is 1.72. The lowest BCUT2D eigenvalue weighted by molar-refractivity contribution is 0.112. The van der Waals surface area contributed by atoms with Crippen LogP contribution in [0.5, 0.6) is 0 Å². The molecule has 0 saturated heterocycles. The summed E-state index contributed by atoms with van der Waals surface area (Å²) in [7, 11) is 1.32. The second-order valence-corrected chi connectivity index (χ2v) is 4.64. The number of halogens is 2. The number of nitrogens with one attached hydrogen (secondary N) is 2. The van der Waals surface area contributed by atoms with Gasteiger partial charge in [0.05, 0.1) is 12.8 Å². The normalized spacial score (nSPS) is 9.47. The predicted octanol–water partition coefficient (Wildman–Crippen LogP) is 2.46. The number of carbonyl (C=O) groups excluding carboxylic acids is 1. The van der Waals surface area contributed by atoms with E-state index in [0.717, 1.165) is 20.5 Å². The van der Waals surface area contributed by atoms with Crippen LogP contribution in [0.15, 0.2) is 16.6 Å². The third-order valence-corrected chi connectivity index (χ3v) is 2.77. The molecule has 0 fully saturated rings. The quantitative estimate of drug-likeness (QED) is 0.434. The molecule has 0 spiro atoms. The van der Waals surface area contributed by atoms with Crippen LogP contribution >= 0.6 is 28.3 Å². The molecule has 0 radical (unpaired) electrons. The molecule has 0 aliphatic rings. The number of carbonyl (C=O) groups is 1. The summed E-state index contributed by atoms with van der Waals surface area (Å²) in [6, 6.07) is 3.08. The molecule has 0 unspecified atom stereocenters. The zero-order valence-electron chi connectivity index (χ0n) is 10.8. The van der Waals surface area contributed by atoms with E-state index >= 15 is 0 Å². The Labute approximate surface area is 126 Å². The highest BCUT2D eigenvalue weighted by Crippen LogP contribution is 2.28. The van der Waals surface area contributed by atoms with Crippen molar-refractivity contribution in [3.05, 3.63) is 27.7 Å². The van der Waals surface area contributed by atoms with E-state index in [2.05, 4.69) is 26.2 Å². The van der Waals surface area contributed by atoms with Crippen molar-refractivity contribution in [1.82, 2.24) is 5.48 Å². The van der Waals surface area contributed by atoms with E-state index in [-0.39, 0.29) is 18.4 Å². The Balaban J connectivity index is 0.00000324. The third kappa shape index (κ3) is 4.09. The first-order valence-electron chi connectivity index (χ1n) is 5.12. The molecule has 0 aliphatic heterocycles. The van der Waals surface area contributed by atoms with Crippen molar-refractivity contribution >= 4 is 46.0 Å². The first kappa shape index (κ1) is 17.7. The maximum atomic E-state index is 11.8. The van der Waals surface area contributed by atoms with Gasteiger partial charge in [0.2, 0.25) is 5.96 Å². The molecule has 0 atom stereocenters. The molecule has 4 N–H and O–H groups in total. The molecule has 1 aromatic rings. The van der Waals surface area contributed by atoms with Crippen molar-refractivity contribution in [3.8, 4) is 0 Å². The molecule has 1 aromatic carbocycles. The number of nitrogens with zero attached hydrogens (tertiary/aromatic N) is 1. The summed E-state index contributed by atoms with van der Waals surface area (Å²) < 4.78 is 0.900. The van der Waals surface area contributed by atoms with E-state index in [4.69, 9.17) is 11.1 Å². The van der Waals surface area contributed by atoms with Gasteiger partial charge in [0, 0.05) is 4.47 Å². The molecule has 8 heteroatoms. The highest BCUT2D eigenvalue weighted by Gasteiger charge is 2.22. The van der Waals surface area contributed by atoms with Gasteiger partial charge in [-0.2, -0.15) is 0 Å². The van der Waals surface area contributed by atoms with Gasteiger partial charge in [-0.05, 0) is 37.1 Å². The number of rotatable bonds is 2. The van der Waals surface area contributed by atoms with Crippen molar-refractivity contribution in [2.24, 2.45) is 5.73 Å². The molecule has 6 nitrogen and oxygen atoms in total. The lowest BCUT2D eigenvalue weighted by atomic mass is 10.1. The molecule has 1 rings (SSSR count). The van der Waals surface area contributed by atoms with E-state index in [1.165, 1.54) is 7.11 Å². The minimum atomic E-state index is -0.612. The molecule has 0 bridgehead atoms. The molecule has 0 saturated carbocycles. The van der Waals surface area contributed by atoms with Gasteiger partial charge in [0.15, 0.2) is 0 Å². The minimum Gasteiger partial charge on any atom is -0.369 e. The average Bonchev–Trinajstić information content (AvgIpc) is 2.22. The molecule has 106 valence electrons. The predicted molar refractivity (Wildman–Crippen MR) is 80.8 cm³/mol. The van der Waals surface area contributed by atoms with Crippen LogP contribution in [0.2, 0.25) is 0 Å². The van der Waals surface area contributed by atoms with Crippen LogP contribution in [0, 0.1) is 19.3 Å². The maximum absolute atomic E-state index is 11.8. The van der Waals surface area contributed by atoms with E-state index in [1.807, 2.05) is 26.0 Å². The van der Waals surface area contributed by atoms with Gasteiger partial charge in [-0.1, -0.05) is 15.9 Å². The Kier molecular flexibility index (Phi) is 6.82. The summed E-state index contributed by atoms with van der Waals surface area (Å²) in [5, 5.41) is 7.52. The molecule has 19 heavy (non-hydrogen) atoms. The zero-order chi connectivity index (χ0) is 13.9.